The Bertz CT molecular complexity index is 704. The SMILES string of the molecule is O=C(/C=C\c1ccccc1)NC(=Cc1ccccc1)C(=O)O. The van der Waals surface area contributed by atoms with Gasteiger partial charge in [-0.25, -0.2) is 4.79 Å². The molecule has 0 saturated carbocycles. The molecule has 1 amide bonds. The number of benzene rings is 2. The molecule has 0 aromatic heterocycles. The van der Waals surface area contributed by atoms with E-state index >= 15 is 0 Å². The van der Waals surface area contributed by atoms with Crippen LogP contribution < -0.4 is 5.32 Å². The fraction of sp³-hybridized carbons (Fsp3) is 0. The number of rotatable bonds is 5. The zero-order chi connectivity index (χ0) is 15.8. The topological polar surface area (TPSA) is 66.4 Å². The highest BCUT2D eigenvalue weighted by Crippen LogP contribution is 2.05. The molecule has 0 aliphatic carbocycles. The summed E-state index contributed by atoms with van der Waals surface area (Å²) in [5.74, 6) is -1.68. The summed E-state index contributed by atoms with van der Waals surface area (Å²) >= 11 is 0. The lowest BCUT2D eigenvalue weighted by molar-refractivity contribution is -0.134. The Morgan fingerprint density at radius 1 is 0.864 bits per heavy atom. The monoisotopic (exact) mass is 293 g/mol. The Kier molecular flexibility index (Phi) is 5.26. The Labute approximate surface area is 128 Å². The molecule has 0 fully saturated rings. The molecule has 0 saturated heterocycles. The highest BCUT2D eigenvalue weighted by molar-refractivity contribution is 6.01. The maximum Gasteiger partial charge on any atom is 0.352 e. The van der Waals surface area contributed by atoms with Crippen LogP contribution in [0.4, 0.5) is 0 Å². The minimum Gasteiger partial charge on any atom is -0.477 e. The van der Waals surface area contributed by atoms with Gasteiger partial charge in [0.2, 0.25) is 5.91 Å². The number of hydrogen-bond acceptors (Lipinski definition) is 2. The molecule has 0 atom stereocenters. The van der Waals surface area contributed by atoms with Crippen molar-refractivity contribution in [2.75, 3.05) is 0 Å². The first kappa shape index (κ1) is 15.3. The average Bonchev–Trinajstić information content (AvgIpc) is 2.54. The molecule has 110 valence electrons. The van der Waals surface area contributed by atoms with Crippen molar-refractivity contribution in [3.8, 4) is 0 Å². The lowest BCUT2D eigenvalue weighted by atomic mass is 10.2. The molecule has 2 aromatic rings. The fourth-order valence-corrected chi connectivity index (χ4v) is 1.78. The van der Waals surface area contributed by atoms with E-state index in [9.17, 15) is 9.59 Å². The van der Waals surface area contributed by atoms with Crippen LogP contribution in [0, 0.1) is 0 Å². The quantitative estimate of drug-likeness (QED) is 0.833. The van der Waals surface area contributed by atoms with Crippen molar-refractivity contribution in [2.24, 2.45) is 0 Å². The number of carboxylic acid groups (broad SMARTS) is 1. The highest BCUT2D eigenvalue weighted by Gasteiger charge is 2.09. The van der Waals surface area contributed by atoms with E-state index in [4.69, 9.17) is 5.11 Å². The third-order valence-electron chi connectivity index (χ3n) is 2.83. The molecule has 2 N–H and O–H groups in total. The van der Waals surface area contributed by atoms with E-state index in [1.165, 1.54) is 12.2 Å². The molecule has 4 nitrogen and oxygen atoms in total. The zero-order valence-corrected chi connectivity index (χ0v) is 11.8. The summed E-state index contributed by atoms with van der Waals surface area (Å²) in [6.07, 6.45) is 4.34. The Hall–Kier alpha value is -3.14. The molecule has 2 rings (SSSR count). The van der Waals surface area contributed by atoms with Crippen molar-refractivity contribution < 1.29 is 14.7 Å². The van der Waals surface area contributed by atoms with Gasteiger partial charge in [-0.15, -0.1) is 0 Å². The number of hydrogen-bond donors (Lipinski definition) is 2. The van der Waals surface area contributed by atoms with Gasteiger partial charge < -0.3 is 10.4 Å². The Morgan fingerprint density at radius 2 is 1.41 bits per heavy atom. The van der Waals surface area contributed by atoms with Crippen molar-refractivity contribution in [3.05, 3.63) is 83.6 Å². The summed E-state index contributed by atoms with van der Waals surface area (Å²) < 4.78 is 0. The maximum atomic E-state index is 11.8. The van der Waals surface area contributed by atoms with Crippen molar-refractivity contribution in [1.82, 2.24) is 5.32 Å². The third kappa shape index (κ3) is 4.76. The smallest absolute Gasteiger partial charge is 0.352 e. The Balaban J connectivity index is 2.08. The minimum atomic E-state index is -1.19. The van der Waals surface area contributed by atoms with E-state index in [2.05, 4.69) is 5.32 Å². The highest BCUT2D eigenvalue weighted by atomic mass is 16.4. The van der Waals surface area contributed by atoms with E-state index in [1.807, 2.05) is 36.4 Å². The largest absolute Gasteiger partial charge is 0.477 e. The van der Waals surface area contributed by atoms with Gasteiger partial charge in [-0.3, -0.25) is 4.79 Å². The van der Waals surface area contributed by atoms with Crippen LogP contribution in [0.2, 0.25) is 0 Å². The minimum absolute atomic E-state index is 0.172. The first-order valence-electron chi connectivity index (χ1n) is 6.69. The van der Waals surface area contributed by atoms with Crippen LogP contribution >= 0.6 is 0 Å². The number of nitrogens with one attached hydrogen (secondary N) is 1. The number of carbonyl (C=O) groups excluding carboxylic acids is 1. The summed E-state index contributed by atoms with van der Waals surface area (Å²) in [5.41, 5.74) is 1.39. The van der Waals surface area contributed by atoms with Crippen molar-refractivity contribution in [1.29, 1.82) is 0 Å². The number of aliphatic carboxylic acids is 1. The fourth-order valence-electron chi connectivity index (χ4n) is 1.78. The number of amides is 1. The second kappa shape index (κ2) is 7.59. The second-order valence-electron chi connectivity index (χ2n) is 4.51. The summed E-state index contributed by atoms with van der Waals surface area (Å²) in [4.78, 5) is 23.0. The van der Waals surface area contributed by atoms with Gasteiger partial charge in [0.15, 0.2) is 0 Å². The molecule has 0 unspecified atom stereocenters. The molecular weight excluding hydrogens is 278 g/mol. The van der Waals surface area contributed by atoms with E-state index < -0.39 is 11.9 Å². The lowest BCUT2D eigenvalue weighted by Gasteiger charge is -2.03. The summed E-state index contributed by atoms with van der Waals surface area (Å²) in [6.45, 7) is 0. The molecule has 4 heteroatoms. The van der Waals surface area contributed by atoms with E-state index in [1.54, 1.807) is 30.3 Å². The van der Waals surface area contributed by atoms with Crippen LogP contribution in [0.3, 0.4) is 0 Å². The predicted molar refractivity (Wildman–Crippen MR) is 85.7 cm³/mol. The van der Waals surface area contributed by atoms with Gasteiger partial charge in [0.05, 0.1) is 0 Å². The summed E-state index contributed by atoms with van der Waals surface area (Å²) in [5, 5.41) is 11.5. The van der Waals surface area contributed by atoms with Gasteiger partial charge in [0.1, 0.15) is 5.70 Å². The Morgan fingerprint density at radius 3 is 1.95 bits per heavy atom. The van der Waals surface area contributed by atoms with Crippen LogP contribution in [0.25, 0.3) is 12.2 Å². The first-order chi connectivity index (χ1) is 10.6. The molecule has 22 heavy (non-hydrogen) atoms. The number of carbonyl (C=O) groups is 2. The van der Waals surface area contributed by atoms with Crippen LogP contribution in [-0.4, -0.2) is 17.0 Å². The lowest BCUT2D eigenvalue weighted by Crippen LogP contribution is -2.25. The zero-order valence-electron chi connectivity index (χ0n) is 11.8. The predicted octanol–water partition coefficient (Wildman–Crippen LogP) is 2.94. The molecule has 0 heterocycles. The molecule has 0 aliphatic rings. The van der Waals surface area contributed by atoms with Gasteiger partial charge in [-0.1, -0.05) is 60.7 Å². The van der Waals surface area contributed by atoms with Crippen molar-refractivity contribution >= 4 is 24.0 Å². The van der Waals surface area contributed by atoms with E-state index in [-0.39, 0.29) is 5.70 Å². The molecule has 0 aliphatic heterocycles. The molecule has 2 aromatic carbocycles. The van der Waals surface area contributed by atoms with Crippen molar-refractivity contribution in [2.45, 2.75) is 0 Å². The first-order valence-corrected chi connectivity index (χ1v) is 6.69. The normalized spacial score (nSPS) is 11.4. The van der Waals surface area contributed by atoms with Gasteiger partial charge in [-0.05, 0) is 23.3 Å². The molecule has 0 radical (unpaired) electrons. The number of carboxylic acids is 1. The van der Waals surface area contributed by atoms with Crippen molar-refractivity contribution in [3.63, 3.8) is 0 Å². The van der Waals surface area contributed by atoms with E-state index in [0.717, 1.165) is 5.56 Å². The van der Waals surface area contributed by atoms with Gasteiger partial charge in [0.25, 0.3) is 0 Å². The summed E-state index contributed by atoms with van der Waals surface area (Å²) in [7, 11) is 0. The van der Waals surface area contributed by atoms with Crippen LogP contribution in [0.5, 0.6) is 0 Å². The molecular formula is C18H15NO3. The van der Waals surface area contributed by atoms with Gasteiger partial charge >= 0.3 is 5.97 Å². The van der Waals surface area contributed by atoms with Crippen LogP contribution in [0.1, 0.15) is 11.1 Å². The van der Waals surface area contributed by atoms with Gasteiger partial charge in [-0.2, -0.15) is 0 Å². The maximum absolute atomic E-state index is 11.8. The second-order valence-corrected chi connectivity index (χ2v) is 4.51. The standard InChI is InChI=1S/C18H15NO3/c20-17(12-11-14-7-3-1-4-8-14)19-16(18(21)22)13-15-9-5-2-6-10-15/h1-13H,(H,19,20)(H,21,22)/b12-11-,16-13?. The molecule has 0 bridgehead atoms. The van der Waals surface area contributed by atoms with Crippen LogP contribution in [0.15, 0.2) is 72.4 Å². The molecule has 0 spiro atoms. The van der Waals surface area contributed by atoms with Gasteiger partial charge in [0, 0.05) is 6.08 Å². The van der Waals surface area contributed by atoms with Crippen LogP contribution in [-0.2, 0) is 9.59 Å². The summed E-state index contributed by atoms with van der Waals surface area (Å²) in [6, 6.07) is 18.2. The van der Waals surface area contributed by atoms with E-state index in [0.29, 0.717) is 5.56 Å². The third-order valence-corrected chi connectivity index (χ3v) is 2.83. The average molecular weight is 293 g/mol.